The van der Waals surface area contributed by atoms with Gasteiger partial charge in [-0.05, 0) is 30.3 Å². The molecular weight excluding hydrogens is 407 g/mol. The van der Waals surface area contributed by atoms with Crippen molar-refractivity contribution in [3.8, 4) is 11.5 Å². The van der Waals surface area contributed by atoms with Crippen LogP contribution in [0.1, 0.15) is 11.1 Å². The lowest BCUT2D eigenvalue weighted by Gasteiger charge is -2.19. The molecule has 1 N–H and O–H groups in total. The molecule has 0 unspecified atom stereocenters. The van der Waals surface area contributed by atoms with E-state index in [0.29, 0.717) is 5.69 Å². The number of hydrogen-bond acceptors (Lipinski definition) is 6. The fourth-order valence-corrected chi connectivity index (χ4v) is 2.78. The van der Waals surface area contributed by atoms with Crippen molar-refractivity contribution in [2.45, 2.75) is 6.18 Å². The van der Waals surface area contributed by atoms with E-state index in [0.717, 1.165) is 18.2 Å². The largest absolute Gasteiger partial charge is 0.454 e. The first kappa shape index (κ1) is 21.0. The molecule has 11 heteroatoms. The maximum atomic E-state index is 13.0. The van der Waals surface area contributed by atoms with E-state index in [4.69, 9.17) is 9.47 Å². The van der Waals surface area contributed by atoms with Crippen LogP contribution in [0.3, 0.4) is 0 Å². The highest BCUT2D eigenvalue weighted by Gasteiger charge is 2.31. The zero-order valence-corrected chi connectivity index (χ0v) is 15.8. The Morgan fingerprint density at radius 1 is 1.20 bits per heavy atom. The third-order valence-corrected chi connectivity index (χ3v) is 4.20. The highest BCUT2D eigenvalue weighted by atomic mass is 19.4. The quantitative estimate of drug-likeness (QED) is 0.443. The number of carbonyl (C=O) groups excluding carboxylic acids is 1. The standard InChI is InChI=1S/C19H16F3N3O5/c1-24(2)14-5-4-12(19(20,21)22)8-13(14)23-18(26)6-3-11-7-16-17(30-10-29-16)9-15(11)25(27)28/h3-9H,10H2,1-2H3,(H,23,26)/b6-3+. The summed E-state index contributed by atoms with van der Waals surface area (Å²) in [6.45, 7) is -0.0804. The van der Waals surface area contributed by atoms with Crippen LogP contribution < -0.4 is 19.7 Å². The number of amides is 1. The van der Waals surface area contributed by atoms with Crippen molar-refractivity contribution >= 4 is 29.0 Å². The summed E-state index contributed by atoms with van der Waals surface area (Å²) in [5, 5.41) is 13.7. The average molecular weight is 423 g/mol. The van der Waals surface area contributed by atoms with Crippen LogP contribution in [0.15, 0.2) is 36.4 Å². The lowest BCUT2D eigenvalue weighted by Crippen LogP contribution is -2.16. The number of nitrogens with one attached hydrogen (secondary N) is 1. The van der Waals surface area contributed by atoms with Crippen LogP contribution in [0.2, 0.25) is 0 Å². The third-order valence-electron chi connectivity index (χ3n) is 4.20. The van der Waals surface area contributed by atoms with Gasteiger partial charge in [0.1, 0.15) is 0 Å². The topological polar surface area (TPSA) is 93.9 Å². The van der Waals surface area contributed by atoms with Gasteiger partial charge in [-0.2, -0.15) is 13.2 Å². The summed E-state index contributed by atoms with van der Waals surface area (Å²) in [7, 11) is 3.23. The number of ether oxygens (including phenoxy) is 2. The Balaban J connectivity index is 1.87. The molecular formula is C19H16F3N3O5. The molecule has 0 radical (unpaired) electrons. The molecule has 3 rings (SSSR count). The molecule has 1 aliphatic heterocycles. The van der Waals surface area contributed by atoms with Crippen molar-refractivity contribution in [1.82, 2.24) is 0 Å². The van der Waals surface area contributed by atoms with Crippen LogP contribution in [0, 0.1) is 10.1 Å². The molecule has 0 aliphatic carbocycles. The lowest BCUT2D eigenvalue weighted by atomic mass is 10.1. The number of benzene rings is 2. The fourth-order valence-electron chi connectivity index (χ4n) is 2.78. The molecule has 1 aliphatic rings. The summed E-state index contributed by atoms with van der Waals surface area (Å²) in [6, 6.07) is 5.50. The lowest BCUT2D eigenvalue weighted by molar-refractivity contribution is -0.385. The minimum absolute atomic E-state index is 0.0512. The maximum Gasteiger partial charge on any atom is 0.416 e. The first-order valence-electron chi connectivity index (χ1n) is 8.52. The number of nitrogens with zero attached hydrogens (tertiary/aromatic N) is 2. The number of nitro benzene ring substituents is 1. The number of nitro groups is 1. The van der Waals surface area contributed by atoms with Crippen molar-refractivity contribution in [2.24, 2.45) is 0 Å². The Morgan fingerprint density at radius 3 is 2.47 bits per heavy atom. The van der Waals surface area contributed by atoms with Crippen LogP contribution in [-0.4, -0.2) is 31.7 Å². The van der Waals surface area contributed by atoms with E-state index in [-0.39, 0.29) is 35.2 Å². The first-order chi connectivity index (χ1) is 14.1. The predicted molar refractivity (Wildman–Crippen MR) is 103 cm³/mol. The molecule has 0 atom stereocenters. The van der Waals surface area contributed by atoms with Gasteiger partial charge in [0.25, 0.3) is 5.69 Å². The highest BCUT2D eigenvalue weighted by molar-refractivity contribution is 6.04. The number of fused-ring (bicyclic) bond motifs is 1. The number of hydrogen-bond donors (Lipinski definition) is 1. The molecule has 0 saturated heterocycles. The normalized spacial score (nSPS) is 12.8. The van der Waals surface area contributed by atoms with Crippen molar-refractivity contribution in [3.63, 3.8) is 0 Å². The van der Waals surface area contributed by atoms with Crippen LogP contribution in [-0.2, 0) is 11.0 Å². The van der Waals surface area contributed by atoms with E-state index < -0.39 is 22.6 Å². The molecule has 0 aromatic heterocycles. The van der Waals surface area contributed by atoms with E-state index in [1.54, 1.807) is 19.0 Å². The summed E-state index contributed by atoms with van der Waals surface area (Å²) in [5.74, 6) is -0.263. The van der Waals surface area contributed by atoms with Crippen molar-refractivity contribution < 1.29 is 32.4 Å². The minimum atomic E-state index is -4.58. The number of rotatable bonds is 5. The number of anilines is 2. The summed E-state index contributed by atoms with van der Waals surface area (Å²) < 4.78 is 49.3. The average Bonchev–Trinajstić information content (AvgIpc) is 3.12. The Kier molecular flexibility index (Phi) is 5.54. The number of halogens is 3. The molecule has 2 aromatic carbocycles. The van der Waals surface area contributed by atoms with Gasteiger partial charge in [-0.15, -0.1) is 0 Å². The second-order valence-electron chi connectivity index (χ2n) is 6.47. The highest BCUT2D eigenvalue weighted by Crippen LogP contribution is 2.38. The summed E-state index contributed by atoms with van der Waals surface area (Å²) in [5.41, 5.74) is -0.838. The number of carbonyl (C=O) groups is 1. The second kappa shape index (κ2) is 7.93. The molecule has 0 saturated carbocycles. The zero-order chi connectivity index (χ0) is 22.1. The molecule has 8 nitrogen and oxygen atoms in total. The van der Waals surface area contributed by atoms with Gasteiger partial charge in [0.15, 0.2) is 11.5 Å². The number of alkyl halides is 3. The van der Waals surface area contributed by atoms with E-state index in [2.05, 4.69) is 5.32 Å². The maximum absolute atomic E-state index is 13.0. The van der Waals surface area contributed by atoms with E-state index >= 15 is 0 Å². The van der Waals surface area contributed by atoms with Crippen molar-refractivity contribution in [1.29, 1.82) is 0 Å². The Bertz CT molecular complexity index is 1030. The summed E-state index contributed by atoms with van der Waals surface area (Å²) in [4.78, 5) is 24.5. The molecule has 2 aromatic rings. The predicted octanol–water partition coefficient (Wildman–Crippen LogP) is 4.06. The van der Waals surface area contributed by atoms with Gasteiger partial charge in [0, 0.05) is 20.2 Å². The van der Waals surface area contributed by atoms with Gasteiger partial charge < -0.3 is 19.7 Å². The monoisotopic (exact) mass is 423 g/mol. The van der Waals surface area contributed by atoms with E-state index in [9.17, 15) is 28.1 Å². The summed E-state index contributed by atoms with van der Waals surface area (Å²) in [6.07, 6.45) is -2.41. The van der Waals surface area contributed by atoms with Crippen LogP contribution in [0.25, 0.3) is 6.08 Å². The Labute approximate surface area is 168 Å². The molecule has 158 valence electrons. The van der Waals surface area contributed by atoms with Crippen LogP contribution >= 0.6 is 0 Å². The zero-order valence-electron chi connectivity index (χ0n) is 15.8. The van der Waals surface area contributed by atoms with Gasteiger partial charge >= 0.3 is 6.18 Å². The second-order valence-corrected chi connectivity index (χ2v) is 6.47. The van der Waals surface area contributed by atoms with E-state index in [1.807, 2.05) is 0 Å². The molecule has 0 bridgehead atoms. The Morgan fingerprint density at radius 2 is 1.87 bits per heavy atom. The molecule has 1 heterocycles. The van der Waals surface area contributed by atoms with Gasteiger partial charge in [0.2, 0.25) is 12.7 Å². The first-order valence-corrected chi connectivity index (χ1v) is 8.52. The van der Waals surface area contributed by atoms with E-state index in [1.165, 1.54) is 24.3 Å². The van der Waals surface area contributed by atoms with Gasteiger partial charge in [-0.1, -0.05) is 0 Å². The molecule has 0 spiro atoms. The fraction of sp³-hybridized carbons (Fsp3) is 0.211. The SMILES string of the molecule is CN(C)c1ccc(C(F)(F)F)cc1NC(=O)/C=C/c1cc2c(cc1[N+](=O)[O-])OCO2. The Hall–Kier alpha value is -3.76. The van der Waals surface area contributed by atoms with Crippen molar-refractivity contribution in [2.75, 3.05) is 31.1 Å². The van der Waals surface area contributed by atoms with Gasteiger partial charge in [-0.25, -0.2) is 0 Å². The molecule has 0 fully saturated rings. The van der Waals surface area contributed by atoms with Gasteiger partial charge in [0.05, 0.1) is 33.5 Å². The van der Waals surface area contributed by atoms with Gasteiger partial charge in [-0.3, -0.25) is 14.9 Å². The third kappa shape index (κ3) is 4.45. The smallest absolute Gasteiger partial charge is 0.416 e. The summed E-state index contributed by atoms with van der Waals surface area (Å²) >= 11 is 0. The minimum Gasteiger partial charge on any atom is -0.454 e. The molecule has 1 amide bonds. The van der Waals surface area contributed by atoms with Crippen molar-refractivity contribution in [3.05, 3.63) is 57.6 Å². The van der Waals surface area contributed by atoms with Crippen LogP contribution in [0.5, 0.6) is 11.5 Å². The van der Waals surface area contributed by atoms with Crippen LogP contribution in [0.4, 0.5) is 30.2 Å². The molecule has 30 heavy (non-hydrogen) atoms.